The molecule has 0 saturated carbocycles. The maximum Gasteiger partial charge on any atom is 0.312 e. The summed E-state index contributed by atoms with van der Waals surface area (Å²) in [6.07, 6.45) is 10.5. The third-order valence-corrected chi connectivity index (χ3v) is 6.13. The lowest BCUT2D eigenvalue weighted by atomic mass is 9.89. The van der Waals surface area contributed by atoms with Gasteiger partial charge in [-0.1, -0.05) is 42.5 Å². The third-order valence-electron chi connectivity index (χ3n) is 6.13. The van der Waals surface area contributed by atoms with Gasteiger partial charge >= 0.3 is 6.03 Å². The molecule has 0 radical (unpaired) electrons. The minimum Gasteiger partial charge on any atom is -0.352 e. The van der Waals surface area contributed by atoms with Crippen molar-refractivity contribution in [1.82, 2.24) is 20.5 Å². The Labute approximate surface area is 178 Å². The van der Waals surface area contributed by atoms with Crippen LogP contribution in [0.1, 0.15) is 41.3 Å². The predicted octanol–water partition coefficient (Wildman–Crippen LogP) is 2.70. The number of aromatic nitrogens is 1. The van der Waals surface area contributed by atoms with Gasteiger partial charge in [0.25, 0.3) is 0 Å². The Hall–Kier alpha value is -2.70. The number of carbonyl (C=O) groups excluding carboxylic acids is 1. The fourth-order valence-corrected chi connectivity index (χ4v) is 4.66. The van der Waals surface area contributed by atoms with Gasteiger partial charge in [0.2, 0.25) is 0 Å². The number of primary amides is 1. The second-order valence-electron chi connectivity index (χ2n) is 8.18. The fourth-order valence-electron chi connectivity index (χ4n) is 4.66. The van der Waals surface area contributed by atoms with Crippen molar-refractivity contribution in [3.05, 3.63) is 77.1 Å². The molecule has 6 heteroatoms. The highest BCUT2D eigenvalue weighted by Crippen LogP contribution is 2.33. The van der Waals surface area contributed by atoms with Gasteiger partial charge in [-0.2, -0.15) is 0 Å². The number of rotatable bonds is 7. The molecule has 158 valence electrons. The molecule has 1 aromatic carbocycles. The van der Waals surface area contributed by atoms with Gasteiger partial charge < -0.3 is 16.4 Å². The average molecular weight is 406 g/mol. The van der Waals surface area contributed by atoms with Crippen LogP contribution in [0.15, 0.2) is 54.7 Å². The molecule has 1 aliphatic carbocycles. The van der Waals surface area contributed by atoms with Crippen LogP contribution in [-0.4, -0.2) is 41.6 Å². The number of hydrogen-bond donors (Lipinski definition) is 3. The van der Waals surface area contributed by atoms with Crippen LogP contribution in [0.2, 0.25) is 0 Å². The number of amides is 2. The van der Waals surface area contributed by atoms with E-state index in [0.29, 0.717) is 18.6 Å². The first-order chi connectivity index (χ1) is 14.7. The molecule has 1 aromatic heterocycles. The number of benzene rings is 1. The van der Waals surface area contributed by atoms with Crippen molar-refractivity contribution in [2.24, 2.45) is 5.73 Å². The Morgan fingerprint density at radius 1 is 1.20 bits per heavy atom. The van der Waals surface area contributed by atoms with Crippen LogP contribution in [0.4, 0.5) is 4.79 Å². The summed E-state index contributed by atoms with van der Waals surface area (Å²) in [5.41, 5.74) is 10.6. The Morgan fingerprint density at radius 2 is 2.03 bits per heavy atom. The van der Waals surface area contributed by atoms with Crippen LogP contribution < -0.4 is 16.4 Å². The van der Waals surface area contributed by atoms with Crippen molar-refractivity contribution in [3.63, 3.8) is 0 Å². The molecular formula is C24H31N5O. The summed E-state index contributed by atoms with van der Waals surface area (Å²) in [5.74, 6) is 0. The standard InChI is InChI=1S/C24H31N5O/c25-24(30)27-12-3-4-14-29(22-11-5-9-18-10-6-13-26-23(18)22)17-21-15-19-7-1-2-8-20(19)16-28-21/h1-4,6-8,10,13,21-22,28H,5,9,11-12,14-17H2,(H3,25,27,30)/b4-3-/t21-,22+/m1/s1. The number of nitrogens with one attached hydrogen (secondary N) is 2. The fraction of sp³-hybridized carbons (Fsp3) is 0.417. The summed E-state index contributed by atoms with van der Waals surface area (Å²) in [6.45, 7) is 3.16. The average Bonchev–Trinajstić information content (AvgIpc) is 2.77. The minimum absolute atomic E-state index is 0.322. The molecule has 4 rings (SSSR count). The summed E-state index contributed by atoms with van der Waals surface area (Å²) >= 11 is 0. The highest BCUT2D eigenvalue weighted by Gasteiger charge is 2.29. The van der Waals surface area contributed by atoms with Gasteiger partial charge in [-0.3, -0.25) is 9.88 Å². The topological polar surface area (TPSA) is 83.3 Å². The molecule has 30 heavy (non-hydrogen) atoms. The Balaban J connectivity index is 1.49. The zero-order valence-corrected chi connectivity index (χ0v) is 17.4. The van der Waals surface area contributed by atoms with Gasteiger partial charge in [0, 0.05) is 38.4 Å². The van der Waals surface area contributed by atoms with Gasteiger partial charge in [-0.05, 0) is 48.4 Å². The number of hydrogen-bond acceptors (Lipinski definition) is 4. The minimum atomic E-state index is -0.494. The highest BCUT2D eigenvalue weighted by molar-refractivity contribution is 5.71. The van der Waals surface area contributed by atoms with E-state index in [1.165, 1.54) is 28.8 Å². The van der Waals surface area contributed by atoms with Crippen LogP contribution in [-0.2, 0) is 19.4 Å². The summed E-state index contributed by atoms with van der Waals surface area (Å²) in [5, 5.41) is 6.34. The van der Waals surface area contributed by atoms with Crippen LogP contribution in [0.5, 0.6) is 0 Å². The lowest BCUT2D eigenvalue weighted by molar-refractivity contribution is 0.170. The molecule has 4 N–H and O–H groups in total. The van der Waals surface area contributed by atoms with Crippen LogP contribution in [0.25, 0.3) is 0 Å². The van der Waals surface area contributed by atoms with Gasteiger partial charge in [0.1, 0.15) is 0 Å². The van der Waals surface area contributed by atoms with Crippen molar-refractivity contribution in [2.75, 3.05) is 19.6 Å². The maximum atomic E-state index is 10.9. The first-order valence-corrected chi connectivity index (χ1v) is 10.9. The van der Waals surface area contributed by atoms with E-state index in [0.717, 1.165) is 38.9 Å². The lowest BCUT2D eigenvalue weighted by Crippen LogP contribution is -2.46. The molecule has 2 amide bonds. The number of nitrogens with zero attached hydrogens (tertiary/aromatic N) is 2. The van der Waals surface area contributed by atoms with E-state index in [2.05, 4.69) is 51.9 Å². The third kappa shape index (κ3) is 5.07. The molecule has 0 unspecified atom stereocenters. The smallest absolute Gasteiger partial charge is 0.312 e. The first kappa shape index (κ1) is 20.6. The van der Waals surface area contributed by atoms with E-state index in [9.17, 15) is 4.79 Å². The van der Waals surface area contributed by atoms with Crippen molar-refractivity contribution >= 4 is 6.03 Å². The Bertz CT molecular complexity index is 897. The second kappa shape index (κ2) is 9.87. The number of fused-ring (bicyclic) bond motifs is 2. The normalized spacial score (nSPS) is 20.7. The van der Waals surface area contributed by atoms with Crippen molar-refractivity contribution in [3.8, 4) is 0 Å². The second-order valence-corrected chi connectivity index (χ2v) is 8.18. The molecule has 0 bridgehead atoms. The zero-order valence-electron chi connectivity index (χ0n) is 17.4. The molecule has 0 spiro atoms. The largest absolute Gasteiger partial charge is 0.352 e. The van der Waals surface area contributed by atoms with Crippen LogP contribution in [0, 0.1) is 0 Å². The van der Waals surface area contributed by atoms with Gasteiger partial charge in [-0.15, -0.1) is 0 Å². The van der Waals surface area contributed by atoms with Gasteiger partial charge in [0.05, 0.1) is 11.7 Å². The quantitative estimate of drug-likeness (QED) is 0.619. The lowest BCUT2D eigenvalue weighted by Gasteiger charge is -2.38. The van der Waals surface area contributed by atoms with Crippen molar-refractivity contribution in [1.29, 1.82) is 0 Å². The first-order valence-electron chi connectivity index (χ1n) is 10.9. The molecule has 2 aromatic rings. The van der Waals surface area contributed by atoms with Gasteiger partial charge in [-0.25, -0.2) is 4.79 Å². The molecule has 1 aliphatic heterocycles. The SMILES string of the molecule is NC(=O)NC/C=C\CN(C[C@H]1Cc2ccccc2CN1)[C@H]1CCCc2cccnc21. The summed E-state index contributed by atoms with van der Waals surface area (Å²) in [6, 6.07) is 13.2. The highest BCUT2D eigenvalue weighted by atomic mass is 16.2. The number of urea groups is 1. The monoisotopic (exact) mass is 405 g/mol. The molecule has 0 saturated heterocycles. The Morgan fingerprint density at radius 3 is 2.90 bits per heavy atom. The van der Waals surface area contributed by atoms with Crippen LogP contribution >= 0.6 is 0 Å². The molecule has 6 nitrogen and oxygen atoms in total. The summed E-state index contributed by atoms with van der Waals surface area (Å²) in [7, 11) is 0. The zero-order chi connectivity index (χ0) is 20.8. The predicted molar refractivity (Wildman–Crippen MR) is 119 cm³/mol. The maximum absolute atomic E-state index is 10.9. The number of nitrogens with two attached hydrogens (primary N) is 1. The number of aryl methyl sites for hydroxylation is 1. The van der Waals surface area contributed by atoms with E-state index in [4.69, 9.17) is 10.7 Å². The number of pyridine rings is 1. The van der Waals surface area contributed by atoms with E-state index in [-0.39, 0.29) is 0 Å². The Kier molecular flexibility index (Phi) is 6.77. The molecule has 2 heterocycles. The van der Waals surface area contributed by atoms with E-state index in [1.54, 1.807) is 0 Å². The van der Waals surface area contributed by atoms with Crippen molar-refractivity contribution < 1.29 is 4.79 Å². The van der Waals surface area contributed by atoms with E-state index >= 15 is 0 Å². The summed E-state index contributed by atoms with van der Waals surface area (Å²) in [4.78, 5) is 18.2. The number of carbonyl (C=O) groups is 1. The summed E-state index contributed by atoms with van der Waals surface area (Å²) < 4.78 is 0. The molecule has 2 aliphatic rings. The van der Waals surface area contributed by atoms with Crippen LogP contribution in [0.3, 0.4) is 0 Å². The molecular weight excluding hydrogens is 374 g/mol. The van der Waals surface area contributed by atoms with Crippen molar-refractivity contribution in [2.45, 2.75) is 44.3 Å². The van der Waals surface area contributed by atoms with E-state index < -0.39 is 6.03 Å². The molecule has 0 fully saturated rings. The van der Waals surface area contributed by atoms with Gasteiger partial charge in [0.15, 0.2) is 0 Å². The van der Waals surface area contributed by atoms with E-state index in [1.807, 2.05) is 18.3 Å². The molecule has 2 atom stereocenters.